The van der Waals surface area contributed by atoms with Gasteiger partial charge in [0.25, 0.3) is 5.56 Å². The number of fused-ring (bicyclic) bond motifs is 1. The number of ether oxygens (including phenoxy) is 2. The molecule has 0 aliphatic carbocycles. The maximum absolute atomic E-state index is 12.6. The Morgan fingerprint density at radius 2 is 1.74 bits per heavy atom. The van der Waals surface area contributed by atoms with E-state index in [-0.39, 0.29) is 5.56 Å². The highest BCUT2D eigenvalue weighted by Gasteiger charge is 2.13. The predicted octanol–water partition coefficient (Wildman–Crippen LogP) is 3.35. The minimum absolute atomic E-state index is 0.174. The van der Waals surface area contributed by atoms with E-state index in [4.69, 9.17) is 9.47 Å². The molecule has 0 saturated heterocycles. The summed E-state index contributed by atoms with van der Waals surface area (Å²) >= 11 is 0. The Morgan fingerprint density at radius 3 is 2.41 bits per heavy atom. The fourth-order valence-corrected chi connectivity index (χ4v) is 3.17. The number of rotatable bonds is 8. The number of H-pyrrole nitrogens is 1. The molecule has 0 atom stereocenters. The SMILES string of the molecule is CCCN(Cc1ccccc1)Cc1nc2cc(OC)c(OC)cc2c(=O)[nH]1. The molecule has 0 aliphatic heterocycles. The molecule has 1 aromatic heterocycles. The number of nitrogens with one attached hydrogen (secondary N) is 1. The number of hydrogen-bond donors (Lipinski definition) is 1. The molecule has 0 aliphatic rings. The first-order valence-corrected chi connectivity index (χ1v) is 9.05. The van der Waals surface area contributed by atoms with E-state index in [1.807, 2.05) is 18.2 Å². The van der Waals surface area contributed by atoms with Crippen molar-refractivity contribution in [2.45, 2.75) is 26.4 Å². The van der Waals surface area contributed by atoms with Crippen molar-refractivity contribution in [1.29, 1.82) is 0 Å². The van der Waals surface area contributed by atoms with E-state index in [0.29, 0.717) is 34.8 Å². The first kappa shape index (κ1) is 18.9. The van der Waals surface area contributed by atoms with Crippen molar-refractivity contribution in [1.82, 2.24) is 14.9 Å². The van der Waals surface area contributed by atoms with Gasteiger partial charge in [0, 0.05) is 12.6 Å². The van der Waals surface area contributed by atoms with E-state index in [0.717, 1.165) is 19.5 Å². The molecule has 0 fully saturated rings. The first-order valence-electron chi connectivity index (χ1n) is 9.05. The average molecular weight is 367 g/mol. The van der Waals surface area contributed by atoms with Gasteiger partial charge in [0.1, 0.15) is 5.82 Å². The Kier molecular flexibility index (Phi) is 6.08. The lowest BCUT2D eigenvalue weighted by Crippen LogP contribution is -2.26. The standard InChI is InChI=1S/C21H25N3O3/c1-4-10-24(13-15-8-6-5-7-9-15)14-20-22-17-12-19(27-3)18(26-2)11-16(17)21(25)23-20/h5-9,11-12H,4,10,13-14H2,1-3H3,(H,22,23,25). The molecule has 1 N–H and O–H groups in total. The molecule has 0 radical (unpaired) electrons. The number of benzene rings is 2. The fraction of sp³-hybridized carbons (Fsp3) is 0.333. The maximum atomic E-state index is 12.6. The summed E-state index contributed by atoms with van der Waals surface area (Å²) < 4.78 is 10.6. The van der Waals surface area contributed by atoms with Gasteiger partial charge in [-0.25, -0.2) is 4.98 Å². The smallest absolute Gasteiger partial charge is 0.258 e. The van der Waals surface area contributed by atoms with Crippen molar-refractivity contribution in [3.63, 3.8) is 0 Å². The summed E-state index contributed by atoms with van der Waals surface area (Å²) in [7, 11) is 3.12. The molecule has 1 heterocycles. The zero-order chi connectivity index (χ0) is 19.2. The zero-order valence-corrected chi connectivity index (χ0v) is 16.0. The van der Waals surface area contributed by atoms with Gasteiger partial charge >= 0.3 is 0 Å². The highest BCUT2D eigenvalue weighted by Crippen LogP contribution is 2.29. The van der Waals surface area contributed by atoms with Crippen LogP contribution in [0.25, 0.3) is 10.9 Å². The molecule has 6 heteroatoms. The van der Waals surface area contributed by atoms with Crippen LogP contribution in [0.15, 0.2) is 47.3 Å². The Bertz CT molecular complexity index is 954. The first-order chi connectivity index (χ1) is 13.1. The zero-order valence-electron chi connectivity index (χ0n) is 16.0. The van der Waals surface area contributed by atoms with Crippen LogP contribution >= 0.6 is 0 Å². The second-order valence-electron chi connectivity index (χ2n) is 6.43. The second kappa shape index (κ2) is 8.68. The van der Waals surface area contributed by atoms with Crippen molar-refractivity contribution in [2.24, 2.45) is 0 Å². The van der Waals surface area contributed by atoms with Gasteiger partial charge in [-0.15, -0.1) is 0 Å². The van der Waals surface area contributed by atoms with Crippen molar-refractivity contribution >= 4 is 10.9 Å². The highest BCUT2D eigenvalue weighted by molar-refractivity contribution is 5.81. The van der Waals surface area contributed by atoms with Gasteiger partial charge in [-0.05, 0) is 24.6 Å². The van der Waals surface area contributed by atoms with Crippen LogP contribution in [0.2, 0.25) is 0 Å². The molecule has 0 unspecified atom stereocenters. The molecule has 0 amide bonds. The fourth-order valence-electron chi connectivity index (χ4n) is 3.17. The topological polar surface area (TPSA) is 67.5 Å². The summed E-state index contributed by atoms with van der Waals surface area (Å²) in [6, 6.07) is 13.7. The molecule has 0 saturated carbocycles. The van der Waals surface area contributed by atoms with Gasteiger partial charge in [0.2, 0.25) is 0 Å². The molecule has 6 nitrogen and oxygen atoms in total. The highest BCUT2D eigenvalue weighted by atomic mass is 16.5. The molecule has 0 bridgehead atoms. The second-order valence-corrected chi connectivity index (χ2v) is 6.43. The Balaban J connectivity index is 1.91. The van der Waals surface area contributed by atoms with Crippen LogP contribution in [-0.2, 0) is 13.1 Å². The summed E-state index contributed by atoms with van der Waals surface area (Å²) in [5, 5.41) is 0.488. The van der Waals surface area contributed by atoms with E-state index >= 15 is 0 Å². The number of methoxy groups -OCH3 is 2. The number of nitrogens with zero attached hydrogens (tertiary/aromatic N) is 2. The monoisotopic (exact) mass is 367 g/mol. The van der Waals surface area contributed by atoms with E-state index in [9.17, 15) is 4.79 Å². The lowest BCUT2D eigenvalue weighted by Gasteiger charge is -2.21. The third-order valence-corrected chi connectivity index (χ3v) is 4.42. The maximum Gasteiger partial charge on any atom is 0.258 e. The third-order valence-electron chi connectivity index (χ3n) is 4.42. The molecular formula is C21H25N3O3. The van der Waals surface area contributed by atoms with Crippen LogP contribution in [0, 0.1) is 0 Å². The number of hydrogen-bond acceptors (Lipinski definition) is 5. The van der Waals surface area contributed by atoms with Crippen LogP contribution < -0.4 is 15.0 Å². The Hall–Kier alpha value is -2.86. The van der Waals surface area contributed by atoms with Gasteiger partial charge in [-0.1, -0.05) is 37.3 Å². The van der Waals surface area contributed by atoms with Gasteiger partial charge in [0.15, 0.2) is 11.5 Å². The van der Waals surface area contributed by atoms with E-state index in [1.165, 1.54) is 5.56 Å². The molecule has 2 aromatic carbocycles. The lowest BCUT2D eigenvalue weighted by molar-refractivity contribution is 0.251. The molecule has 0 spiro atoms. The Labute approximate surface area is 158 Å². The summed E-state index contributed by atoms with van der Waals surface area (Å²) in [5.74, 6) is 1.72. The lowest BCUT2D eigenvalue weighted by atomic mass is 10.2. The normalized spacial score (nSPS) is 11.1. The van der Waals surface area contributed by atoms with Crippen LogP contribution in [-0.4, -0.2) is 35.6 Å². The molecular weight excluding hydrogens is 342 g/mol. The minimum Gasteiger partial charge on any atom is -0.493 e. The predicted molar refractivity (Wildman–Crippen MR) is 106 cm³/mol. The van der Waals surface area contributed by atoms with Crippen molar-refractivity contribution < 1.29 is 9.47 Å². The van der Waals surface area contributed by atoms with Crippen molar-refractivity contribution in [2.75, 3.05) is 20.8 Å². The van der Waals surface area contributed by atoms with Gasteiger partial charge in [0.05, 0.1) is 31.7 Å². The van der Waals surface area contributed by atoms with Gasteiger partial charge in [-0.2, -0.15) is 0 Å². The summed E-state index contributed by atoms with van der Waals surface area (Å²) in [6.45, 7) is 4.44. The number of aromatic amines is 1. The minimum atomic E-state index is -0.174. The van der Waals surface area contributed by atoms with Gasteiger partial charge in [-0.3, -0.25) is 9.69 Å². The molecule has 142 valence electrons. The van der Waals surface area contributed by atoms with Crippen LogP contribution in [0.1, 0.15) is 24.7 Å². The average Bonchev–Trinajstić information content (AvgIpc) is 2.68. The largest absolute Gasteiger partial charge is 0.493 e. The van der Waals surface area contributed by atoms with Crippen molar-refractivity contribution in [3.8, 4) is 11.5 Å². The molecule has 27 heavy (non-hydrogen) atoms. The number of aromatic nitrogens is 2. The van der Waals surface area contributed by atoms with Crippen LogP contribution in [0.3, 0.4) is 0 Å². The molecule has 3 aromatic rings. The summed E-state index contributed by atoms with van der Waals surface area (Å²) in [5.41, 5.74) is 1.66. The van der Waals surface area contributed by atoms with Crippen LogP contribution in [0.5, 0.6) is 11.5 Å². The summed E-state index contributed by atoms with van der Waals surface area (Å²) in [6.07, 6.45) is 1.02. The third kappa shape index (κ3) is 4.46. The van der Waals surface area contributed by atoms with Gasteiger partial charge < -0.3 is 14.5 Å². The van der Waals surface area contributed by atoms with E-state index in [1.54, 1.807) is 26.4 Å². The van der Waals surface area contributed by atoms with E-state index in [2.05, 4.69) is 33.9 Å². The Morgan fingerprint density at radius 1 is 1.04 bits per heavy atom. The van der Waals surface area contributed by atoms with E-state index < -0.39 is 0 Å². The quantitative estimate of drug-likeness (QED) is 0.661. The van der Waals surface area contributed by atoms with Crippen LogP contribution in [0.4, 0.5) is 0 Å². The van der Waals surface area contributed by atoms with Crippen molar-refractivity contribution in [3.05, 3.63) is 64.2 Å². The summed E-state index contributed by atoms with van der Waals surface area (Å²) in [4.78, 5) is 22.4. The molecule has 3 rings (SSSR count).